The van der Waals surface area contributed by atoms with Crippen molar-refractivity contribution in [1.29, 1.82) is 0 Å². The number of methoxy groups -OCH3 is 1. The van der Waals surface area contributed by atoms with Crippen molar-refractivity contribution in [2.75, 3.05) is 13.7 Å². The zero-order chi connectivity index (χ0) is 14.5. The second-order valence-corrected chi connectivity index (χ2v) is 5.19. The molecule has 0 aliphatic rings. The second-order valence-electron chi connectivity index (χ2n) is 5.19. The summed E-state index contributed by atoms with van der Waals surface area (Å²) in [5, 5.41) is 7.86. The van der Waals surface area contributed by atoms with Gasteiger partial charge in [0.25, 0.3) is 0 Å². The van der Waals surface area contributed by atoms with E-state index in [9.17, 15) is 0 Å². The van der Waals surface area contributed by atoms with Crippen LogP contribution in [0.15, 0.2) is 18.7 Å². The van der Waals surface area contributed by atoms with Crippen LogP contribution in [0.3, 0.4) is 0 Å². The van der Waals surface area contributed by atoms with Gasteiger partial charge in [0.05, 0.1) is 24.7 Å². The van der Waals surface area contributed by atoms with E-state index in [4.69, 9.17) is 4.74 Å². The molecule has 0 bridgehead atoms. The number of hydrogen-bond donors (Lipinski definition) is 1. The van der Waals surface area contributed by atoms with Crippen LogP contribution in [0.4, 0.5) is 0 Å². The molecule has 110 valence electrons. The zero-order valence-electron chi connectivity index (χ0n) is 12.6. The summed E-state index contributed by atoms with van der Waals surface area (Å²) < 4.78 is 9.27. The van der Waals surface area contributed by atoms with Gasteiger partial charge in [-0.15, -0.1) is 0 Å². The summed E-state index contributed by atoms with van der Waals surface area (Å²) in [6.07, 6.45) is 5.65. The summed E-state index contributed by atoms with van der Waals surface area (Å²) >= 11 is 0. The van der Waals surface area contributed by atoms with Crippen molar-refractivity contribution in [2.45, 2.75) is 26.9 Å². The van der Waals surface area contributed by atoms with Gasteiger partial charge in [-0.1, -0.05) is 6.92 Å². The lowest BCUT2D eigenvalue weighted by Gasteiger charge is -2.13. The quantitative estimate of drug-likeness (QED) is 0.830. The Morgan fingerprint density at radius 1 is 1.45 bits per heavy atom. The summed E-state index contributed by atoms with van der Waals surface area (Å²) in [6.45, 7) is 6.91. The van der Waals surface area contributed by atoms with E-state index in [1.165, 1.54) is 0 Å². The van der Waals surface area contributed by atoms with E-state index < -0.39 is 0 Å². The van der Waals surface area contributed by atoms with Crippen molar-refractivity contribution in [1.82, 2.24) is 24.6 Å². The van der Waals surface area contributed by atoms with Gasteiger partial charge >= 0.3 is 0 Å². The largest absolute Gasteiger partial charge is 0.481 e. The van der Waals surface area contributed by atoms with Crippen molar-refractivity contribution >= 4 is 0 Å². The zero-order valence-corrected chi connectivity index (χ0v) is 12.6. The number of rotatable bonds is 7. The van der Waals surface area contributed by atoms with Gasteiger partial charge in [-0.3, -0.25) is 0 Å². The maximum Gasteiger partial charge on any atom is 0.216 e. The van der Waals surface area contributed by atoms with Gasteiger partial charge in [-0.25, -0.2) is 9.67 Å². The number of hydrogen-bond acceptors (Lipinski definition) is 4. The second kappa shape index (κ2) is 6.56. The Morgan fingerprint density at radius 2 is 2.25 bits per heavy atom. The Kier molecular flexibility index (Phi) is 4.79. The third kappa shape index (κ3) is 3.39. The SMILES string of the molecule is COc1c(CNCC(C)Cn2ccnc2)c(C)nn1C. The van der Waals surface area contributed by atoms with Crippen LogP contribution in [0, 0.1) is 12.8 Å². The van der Waals surface area contributed by atoms with E-state index in [0.717, 1.165) is 36.8 Å². The first-order valence-corrected chi connectivity index (χ1v) is 6.84. The molecule has 1 atom stereocenters. The minimum Gasteiger partial charge on any atom is -0.481 e. The number of aromatic nitrogens is 4. The van der Waals surface area contributed by atoms with Crippen LogP contribution in [0.2, 0.25) is 0 Å². The lowest BCUT2D eigenvalue weighted by Crippen LogP contribution is -2.24. The molecule has 2 aromatic heterocycles. The van der Waals surface area contributed by atoms with Crippen LogP contribution < -0.4 is 10.1 Å². The number of ether oxygens (including phenoxy) is 1. The molecular weight excluding hydrogens is 254 g/mol. The van der Waals surface area contributed by atoms with Crippen molar-refractivity contribution in [3.8, 4) is 5.88 Å². The molecule has 0 aliphatic carbocycles. The fourth-order valence-electron chi connectivity index (χ4n) is 2.40. The van der Waals surface area contributed by atoms with Crippen molar-refractivity contribution in [2.24, 2.45) is 13.0 Å². The normalized spacial score (nSPS) is 12.6. The highest BCUT2D eigenvalue weighted by Crippen LogP contribution is 2.20. The van der Waals surface area contributed by atoms with Crippen LogP contribution in [-0.4, -0.2) is 33.0 Å². The lowest BCUT2D eigenvalue weighted by atomic mass is 10.1. The summed E-state index contributed by atoms with van der Waals surface area (Å²) in [7, 11) is 3.58. The molecule has 0 saturated carbocycles. The average molecular weight is 277 g/mol. The molecule has 0 spiro atoms. The third-order valence-electron chi connectivity index (χ3n) is 3.36. The topological polar surface area (TPSA) is 56.9 Å². The maximum absolute atomic E-state index is 5.39. The summed E-state index contributed by atoms with van der Waals surface area (Å²) in [6, 6.07) is 0. The van der Waals surface area contributed by atoms with E-state index >= 15 is 0 Å². The molecule has 6 nitrogen and oxygen atoms in total. The van der Waals surface area contributed by atoms with Crippen LogP contribution in [-0.2, 0) is 20.1 Å². The molecule has 20 heavy (non-hydrogen) atoms. The van der Waals surface area contributed by atoms with E-state index in [-0.39, 0.29) is 0 Å². The van der Waals surface area contributed by atoms with Crippen LogP contribution in [0.1, 0.15) is 18.2 Å². The fourth-order valence-corrected chi connectivity index (χ4v) is 2.40. The van der Waals surface area contributed by atoms with Gasteiger partial charge in [-0.05, 0) is 19.4 Å². The first-order chi connectivity index (χ1) is 9.61. The molecular formula is C14H23N5O. The Hall–Kier alpha value is -1.82. The van der Waals surface area contributed by atoms with Gasteiger partial charge < -0.3 is 14.6 Å². The van der Waals surface area contributed by atoms with E-state index in [2.05, 4.69) is 26.9 Å². The van der Waals surface area contributed by atoms with Crippen LogP contribution >= 0.6 is 0 Å². The molecule has 6 heteroatoms. The van der Waals surface area contributed by atoms with Gasteiger partial charge in [0.2, 0.25) is 5.88 Å². The van der Waals surface area contributed by atoms with Crippen molar-refractivity contribution in [3.63, 3.8) is 0 Å². The third-order valence-corrected chi connectivity index (χ3v) is 3.36. The maximum atomic E-state index is 5.39. The summed E-state index contributed by atoms with van der Waals surface area (Å²) in [5.41, 5.74) is 2.14. The monoisotopic (exact) mass is 277 g/mol. The van der Waals surface area contributed by atoms with Gasteiger partial charge in [0.1, 0.15) is 0 Å². The first-order valence-electron chi connectivity index (χ1n) is 6.84. The van der Waals surface area contributed by atoms with E-state index in [1.54, 1.807) is 11.8 Å². The number of nitrogens with one attached hydrogen (secondary N) is 1. The highest BCUT2D eigenvalue weighted by atomic mass is 16.5. The fraction of sp³-hybridized carbons (Fsp3) is 0.571. The van der Waals surface area contributed by atoms with Gasteiger partial charge in [0, 0.05) is 32.5 Å². The summed E-state index contributed by atoms with van der Waals surface area (Å²) in [4.78, 5) is 4.06. The molecule has 2 heterocycles. The molecule has 0 fully saturated rings. The smallest absolute Gasteiger partial charge is 0.216 e. The standard InChI is InChI=1S/C14H23N5O/c1-11(9-19-6-5-15-10-19)7-16-8-13-12(2)17-18(3)14(13)20-4/h5-6,10-11,16H,7-9H2,1-4H3. The number of imidazole rings is 1. The summed E-state index contributed by atoms with van der Waals surface area (Å²) in [5.74, 6) is 1.37. The molecule has 0 amide bonds. The van der Waals surface area contributed by atoms with Gasteiger partial charge in [0.15, 0.2) is 0 Å². The Labute approximate surface area is 119 Å². The average Bonchev–Trinajstić information content (AvgIpc) is 2.98. The predicted molar refractivity (Wildman–Crippen MR) is 77.6 cm³/mol. The lowest BCUT2D eigenvalue weighted by molar-refractivity contribution is 0.366. The molecule has 0 saturated heterocycles. The molecule has 0 aromatic carbocycles. The molecule has 1 N–H and O–H groups in total. The van der Waals surface area contributed by atoms with Crippen molar-refractivity contribution < 1.29 is 4.74 Å². The van der Waals surface area contributed by atoms with E-state index in [1.807, 2.05) is 32.7 Å². The highest BCUT2D eigenvalue weighted by Gasteiger charge is 2.13. The number of aryl methyl sites for hydroxylation is 2. The number of nitrogens with zero attached hydrogens (tertiary/aromatic N) is 4. The molecule has 0 radical (unpaired) electrons. The predicted octanol–water partition coefficient (Wildman–Crippen LogP) is 1.36. The van der Waals surface area contributed by atoms with E-state index in [0.29, 0.717) is 5.92 Å². The molecule has 2 rings (SSSR count). The van der Waals surface area contributed by atoms with Crippen LogP contribution in [0.25, 0.3) is 0 Å². The van der Waals surface area contributed by atoms with Crippen molar-refractivity contribution in [3.05, 3.63) is 30.0 Å². The molecule has 1 unspecified atom stereocenters. The minimum absolute atomic E-state index is 0.534. The molecule has 0 aliphatic heterocycles. The Bertz CT molecular complexity index is 532. The Morgan fingerprint density at radius 3 is 2.90 bits per heavy atom. The van der Waals surface area contributed by atoms with Gasteiger partial charge in [-0.2, -0.15) is 5.10 Å². The van der Waals surface area contributed by atoms with Crippen LogP contribution in [0.5, 0.6) is 5.88 Å². The molecule has 2 aromatic rings. The Balaban J connectivity index is 1.84. The highest BCUT2D eigenvalue weighted by molar-refractivity contribution is 5.30. The minimum atomic E-state index is 0.534. The first kappa shape index (κ1) is 14.6.